The van der Waals surface area contributed by atoms with Gasteiger partial charge in [-0.25, -0.2) is 0 Å². The molecule has 5 nitrogen and oxygen atoms in total. The molecule has 0 saturated carbocycles. The van der Waals surface area contributed by atoms with E-state index >= 15 is 0 Å². The Morgan fingerprint density at radius 3 is 2.36 bits per heavy atom. The number of benzene rings is 1. The average molecular weight is 341 g/mol. The van der Waals surface area contributed by atoms with Crippen LogP contribution in [0.5, 0.6) is 11.5 Å². The first-order chi connectivity index (χ1) is 12.3. The minimum atomic E-state index is 0.783. The number of pyridine rings is 1. The lowest BCUT2D eigenvalue weighted by atomic mass is 10.1. The van der Waals surface area contributed by atoms with Crippen LogP contribution in [0.15, 0.2) is 42.6 Å². The lowest BCUT2D eigenvalue weighted by Crippen LogP contribution is -2.46. The summed E-state index contributed by atoms with van der Waals surface area (Å²) in [6.45, 7) is 6.45. The number of rotatable bonds is 7. The van der Waals surface area contributed by atoms with Crippen LogP contribution in [0.4, 0.5) is 0 Å². The average Bonchev–Trinajstić information content (AvgIpc) is 2.68. The summed E-state index contributed by atoms with van der Waals surface area (Å²) in [5.41, 5.74) is 2.44. The van der Waals surface area contributed by atoms with Gasteiger partial charge in [0.2, 0.25) is 0 Å². The molecule has 0 aliphatic carbocycles. The zero-order valence-electron chi connectivity index (χ0n) is 15.1. The van der Waals surface area contributed by atoms with Crippen molar-refractivity contribution in [2.75, 3.05) is 46.9 Å². The van der Waals surface area contributed by atoms with Crippen LogP contribution < -0.4 is 9.47 Å². The standard InChI is InChI=1S/C20H27N3O2/c1-24-19-7-6-17(15-20(19)25-2)16-23-13-11-22(12-14-23)10-8-18-5-3-4-9-21-18/h3-7,9,15H,8,10-14,16H2,1-2H3. The molecule has 0 unspecified atom stereocenters. The van der Waals surface area contributed by atoms with E-state index in [0.29, 0.717) is 0 Å². The van der Waals surface area contributed by atoms with E-state index in [0.717, 1.165) is 57.2 Å². The SMILES string of the molecule is COc1ccc(CN2CCN(CCc3ccccn3)CC2)cc1OC. The van der Waals surface area contributed by atoms with Crippen molar-refractivity contribution in [3.8, 4) is 11.5 Å². The second kappa shape index (κ2) is 8.83. The first-order valence-electron chi connectivity index (χ1n) is 8.84. The maximum absolute atomic E-state index is 5.40. The Morgan fingerprint density at radius 1 is 0.920 bits per heavy atom. The molecule has 1 aromatic heterocycles. The lowest BCUT2D eigenvalue weighted by Gasteiger charge is -2.34. The molecular weight excluding hydrogens is 314 g/mol. The molecule has 0 amide bonds. The number of piperazine rings is 1. The maximum atomic E-state index is 5.40. The van der Waals surface area contributed by atoms with Crippen molar-refractivity contribution >= 4 is 0 Å². The number of hydrogen-bond acceptors (Lipinski definition) is 5. The summed E-state index contributed by atoms with van der Waals surface area (Å²) in [6, 6.07) is 12.3. The Hall–Kier alpha value is -2.11. The van der Waals surface area contributed by atoms with E-state index < -0.39 is 0 Å². The predicted molar refractivity (Wildman–Crippen MR) is 99.2 cm³/mol. The predicted octanol–water partition coefficient (Wildman–Crippen LogP) is 2.46. The summed E-state index contributed by atoms with van der Waals surface area (Å²) in [6.07, 6.45) is 2.90. The van der Waals surface area contributed by atoms with Crippen LogP contribution in [0.1, 0.15) is 11.3 Å². The highest BCUT2D eigenvalue weighted by Crippen LogP contribution is 2.28. The number of hydrogen-bond donors (Lipinski definition) is 0. The molecule has 1 saturated heterocycles. The van der Waals surface area contributed by atoms with Crippen LogP contribution in [0.2, 0.25) is 0 Å². The molecule has 2 heterocycles. The van der Waals surface area contributed by atoms with Crippen LogP contribution in [0.3, 0.4) is 0 Å². The second-order valence-electron chi connectivity index (χ2n) is 6.38. The molecule has 3 rings (SSSR count). The summed E-state index contributed by atoms with van der Waals surface area (Å²) in [4.78, 5) is 9.43. The van der Waals surface area contributed by atoms with Gasteiger partial charge in [-0.3, -0.25) is 9.88 Å². The zero-order chi connectivity index (χ0) is 17.5. The summed E-state index contributed by atoms with van der Waals surface area (Å²) in [7, 11) is 3.35. The van der Waals surface area contributed by atoms with Crippen molar-refractivity contribution in [2.24, 2.45) is 0 Å². The summed E-state index contributed by atoms with van der Waals surface area (Å²) >= 11 is 0. The fraction of sp³-hybridized carbons (Fsp3) is 0.450. The van der Waals surface area contributed by atoms with E-state index in [1.807, 2.05) is 18.3 Å². The second-order valence-corrected chi connectivity index (χ2v) is 6.38. The van der Waals surface area contributed by atoms with Gasteiger partial charge in [0.1, 0.15) is 0 Å². The van der Waals surface area contributed by atoms with Gasteiger partial charge in [0.05, 0.1) is 14.2 Å². The first kappa shape index (κ1) is 17.7. The van der Waals surface area contributed by atoms with Crippen molar-refractivity contribution in [3.05, 3.63) is 53.9 Å². The smallest absolute Gasteiger partial charge is 0.161 e. The largest absolute Gasteiger partial charge is 0.493 e. The van der Waals surface area contributed by atoms with Gasteiger partial charge in [-0.1, -0.05) is 12.1 Å². The van der Waals surface area contributed by atoms with E-state index in [-0.39, 0.29) is 0 Å². The lowest BCUT2D eigenvalue weighted by molar-refractivity contribution is 0.128. The third-order valence-electron chi connectivity index (χ3n) is 4.73. The maximum Gasteiger partial charge on any atom is 0.161 e. The summed E-state index contributed by atoms with van der Waals surface area (Å²) in [5.74, 6) is 1.58. The third kappa shape index (κ3) is 4.94. The fourth-order valence-electron chi connectivity index (χ4n) is 3.23. The number of aromatic nitrogens is 1. The molecule has 5 heteroatoms. The number of ether oxygens (including phenoxy) is 2. The highest BCUT2D eigenvalue weighted by Gasteiger charge is 2.17. The molecule has 1 aliphatic heterocycles. The van der Waals surface area contributed by atoms with Crippen molar-refractivity contribution in [1.82, 2.24) is 14.8 Å². The molecule has 0 atom stereocenters. The molecule has 0 radical (unpaired) electrons. The van der Waals surface area contributed by atoms with Gasteiger partial charge in [-0.05, 0) is 29.8 Å². The van der Waals surface area contributed by atoms with Gasteiger partial charge in [-0.2, -0.15) is 0 Å². The molecule has 1 aliphatic rings. The van der Waals surface area contributed by atoms with Gasteiger partial charge in [0, 0.05) is 57.6 Å². The first-order valence-corrected chi connectivity index (χ1v) is 8.84. The van der Waals surface area contributed by atoms with Gasteiger partial charge in [0.25, 0.3) is 0 Å². The van der Waals surface area contributed by atoms with Crippen molar-refractivity contribution in [3.63, 3.8) is 0 Å². The number of methoxy groups -OCH3 is 2. The Kier molecular flexibility index (Phi) is 6.25. The molecule has 0 spiro atoms. The quantitative estimate of drug-likeness (QED) is 0.773. The Bertz CT molecular complexity index is 655. The fourth-order valence-corrected chi connectivity index (χ4v) is 3.23. The van der Waals surface area contributed by atoms with E-state index in [1.54, 1.807) is 14.2 Å². The van der Waals surface area contributed by atoms with Gasteiger partial charge in [-0.15, -0.1) is 0 Å². The van der Waals surface area contributed by atoms with Gasteiger partial charge >= 0.3 is 0 Å². The van der Waals surface area contributed by atoms with Crippen molar-refractivity contribution in [1.29, 1.82) is 0 Å². The summed E-state index contributed by atoms with van der Waals surface area (Å²) < 4.78 is 10.7. The van der Waals surface area contributed by atoms with Crippen LogP contribution >= 0.6 is 0 Å². The highest BCUT2D eigenvalue weighted by molar-refractivity contribution is 5.42. The third-order valence-corrected chi connectivity index (χ3v) is 4.73. The van der Waals surface area contributed by atoms with Crippen molar-refractivity contribution in [2.45, 2.75) is 13.0 Å². The molecule has 2 aromatic rings. The molecule has 0 N–H and O–H groups in total. The molecule has 1 aromatic carbocycles. The van der Waals surface area contributed by atoms with E-state index in [2.05, 4.69) is 39.0 Å². The van der Waals surface area contributed by atoms with Crippen LogP contribution in [0, 0.1) is 0 Å². The minimum Gasteiger partial charge on any atom is -0.493 e. The molecule has 25 heavy (non-hydrogen) atoms. The summed E-state index contributed by atoms with van der Waals surface area (Å²) in [5, 5.41) is 0. The topological polar surface area (TPSA) is 37.8 Å². The molecule has 1 fully saturated rings. The van der Waals surface area contributed by atoms with E-state index in [9.17, 15) is 0 Å². The number of nitrogens with zero attached hydrogens (tertiary/aromatic N) is 3. The normalized spacial score (nSPS) is 15.9. The Morgan fingerprint density at radius 2 is 1.68 bits per heavy atom. The van der Waals surface area contributed by atoms with Crippen LogP contribution in [-0.2, 0) is 13.0 Å². The van der Waals surface area contributed by atoms with Crippen LogP contribution in [0.25, 0.3) is 0 Å². The van der Waals surface area contributed by atoms with E-state index in [4.69, 9.17) is 9.47 Å². The zero-order valence-corrected chi connectivity index (χ0v) is 15.1. The van der Waals surface area contributed by atoms with Crippen molar-refractivity contribution < 1.29 is 9.47 Å². The molecule has 0 bridgehead atoms. The van der Waals surface area contributed by atoms with E-state index in [1.165, 1.54) is 11.3 Å². The highest BCUT2D eigenvalue weighted by atomic mass is 16.5. The molecular formula is C20H27N3O2. The van der Waals surface area contributed by atoms with Crippen LogP contribution in [-0.4, -0.2) is 61.7 Å². The van der Waals surface area contributed by atoms with Gasteiger partial charge in [0.15, 0.2) is 11.5 Å². The van der Waals surface area contributed by atoms with Gasteiger partial charge < -0.3 is 14.4 Å². The minimum absolute atomic E-state index is 0.783. The Balaban J connectivity index is 1.46. The monoisotopic (exact) mass is 341 g/mol. The Labute approximate surface area is 150 Å². The molecule has 134 valence electrons.